The Balaban J connectivity index is 1.31. The molecule has 3 heteroatoms. The fourth-order valence-corrected chi connectivity index (χ4v) is 7.84. The molecule has 0 spiro atoms. The van der Waals surface area contributed by atoms with E-state index >= 15 is 0 Å². The minimum atomic E-state index is 0.300. The molecule has 0 saturated heterocycles. The van der Waals surface area contributed by atoms with Crippen LogP contribution in [0.5, 0.6) is 11.5 Å². The minimum absolute atomic E-state index is 0.300. The molecular formula is C32H43NO2. The highest BCUT2D eigenvalue weighted by atomic mass is 16.5. The number of phenolic OH excluding ortho intramolecular Hbond substituents is 1. The number of phenols is 1. The first-order valence-electron chi connectivity index (χ1n) is 13.9. The molecule has 4 unspecified atom stereocenters. The second-order valence-corrected chi connectivity index (χ2v) is 11.5. The fraction of sp³-hybridized carbons (Fsp3) is 0.562. The van der Waals surface area contributed by atoms with Crippen molar-refractivity contribution in [1.82, 2.24) is 4.90 Å². The molecule has 188 valence electrons. The number of allylic oxidation sites excluding steroid dienone is 1. The van der Waals surface area contributed by atoms with E-state index in [1.54, 1.807) is 5.57 Å². The normalized spacial score (nSPS) is 30.7. The number of aromatic hydroxyl groups is 1. The molecule has 1 N–H and O–H groups in total. The monoisotopic (exact) mass is 473 g/mol. The lowest BCUT2D eigenvalue weighted by Crippen LogP contribution is -2.43. The van der Waals surface area contributed by atoms with Crippen LogP contribution in [0.3, 0.4) is 0 Å². The van der Waals surface area contributed by atoms with Crippen molar-refractivity contribution in [2.24, 2.45) is 23.2 Å². The van der Waals surface area contributed by atoms with Gasteiger partial charge in [0, 0.05) is 12.1 Å². The third-order valence-corrected chi connectivity index (χ3v) is 9.74. The van der Waals surface area contributed by atoms with Gasteiger partial charge >= 0.3 is 0 Å². The maximum absolute atomic E-state index is 10.0. The van der Waals surface area contributed by atoms with Gasteiger partial charge in [0.05, 0.1) is 0 Å². The van der Waals surface area contributed by atoms with E-state index in [0.717, 1.165) is 43.6 Å². The molecule has 5 rings (SSSR count). The van der Waals surface area contributed by atoms with Crippen LogP contribution in [0.25, 0.3) is 0 Å². The van der Waals surface area contributed by atoms with Crippen molar-refractivity contribution < 1.29 is 9.84 Å². The SMILES string of the molecule is CCN(CC)Cc1ccccc1OCC=C1CCC2C3C(CCC12C)c1ccc(O)cc1C[C@H]3C. The molecule has 2 saturated carbocycles. The molecular weight excluding hydrogens is 430 g/mol. The van der Waals surface area contributed by atoms with Crippen molar-refractivity contribution in [3.8, 4) is 11.5 Å². The summed E-state index contributed by atoms with van der Waals surface area (Å²) < 4.78 is 6.37. The first kappa shape index (κ1) is 24.4. The maximum atomic E-state index is 10.0. The van der Waals surface area contributed by atoms with E-state index in [-0.39, 0.29) is 0 Å². The van der Waals surface area contributed by atoms with Gasteiger partial charge in [-0.05, 0) is 110 Å². The largest absolute Gasteiger partial charge is 0.508 e. The Morgan fingerprint density at radius 3 is 2.71 bits per heavy atom. The number of benzene rings is 2. The lowest BCUT2D eigenvalue weighted by Gasteiger charge is -2.52. The summed E-state index contributed by atoms with van der Waals surface area (Å²) in [6.07, 6.45) is 8.56. The Hall–Kier alpha value is -2.26. The van der Waals surface area contributed by atoms with E-state index < -0.39 is 0 Å². The first-order chi connectivity index (χ1) is 16.9. The van der Waals surface area contributed by atoms with E-state index in [1.165, 1.54) is 42.4 Å². The van der Waals surface area contributed by atoms with Crippen LogP contribution >= 0.6 is 0 Å². The number of fused-ring (bicyclic) bond motifs is 5. The fourth-order valence-electron chi connectivity index (χ4n) is 7.84. The van der Waals surface area contributed by atoms with Crippen molar-refractivity contribution in [1.29, 1.82) is 0 Å². The summed E-state index contributed by atoms with van der Waals surface area (Å²) in [6, 6.07) is 14.7. The number of hydrogen-bond donors (Lipinski definition) is 1. The summed E-state index contributed by atoms with van der Waals surface area (Å²) in [6.45, 7) is 13.2. The van der Waals surface area contributed by atoms with Gasteiger partial charge in [-0.2, -0.15) is 0 Å². The van der Waals surface area contributed by atoms with Gasteiger partial charge in [0.2, 0.25) is 0 Å². The number of hydrogen-bond acceptors (Lipinski definition) is 3. The molecule has 0 radical (unpaired) electrons. The highest BCUT2D eigenvalue weighted by molar-refractivity contribution is 5.41. The van der Waals surface area contributed by atoms with Crippen molar-refractivity contribution >= 4 is 0 Å². The smallest absolute Gasteiger partial charge is 0.124 e. The molecule has 0 bridgehead atoms. The zero-order valence-electron chi connectivity index (χ0n) is 22.1. The summed E-state index contributed by atoms with van der Waals surface area (Å²) in [7, 11) is 0. The predicted molar refractivity (Wildman–Crippen MR) is 144 cm³/mol. The van der Waals surface area contributed by atoms with Gasteiger partial charge in [-0.1, -0.05) is 57.5 Å². The van der Waals surface area contributed by atoms with Crippen LogP contribution in [-0.4, -0.2) is 29.7 Å². The lowest BCUT2D eigenvalue weighted by atomic mass is 9.52. The Labute approximate surface area is 212 Å². The summed E-state index contributed by atoms with van der Waals surface area (Å²) in [5.74, 6) is 4.25. The standard InChI is InChI=1S/C32H43NO2/c1-5-33(6-2)21-23-9-7-8-10-30(23)35-18-16-25-11-14-29-31-22(3)19-24-20-26(34)12-13-27(24)28(31)15-17-32(25,29)4/h7-10,12-13,16,20,22,28-29,31,34H,5-6,11,14-15,17-19,21H2,1-4H3/t22-,28?,29?,31?,32?/m1/s1. The molecule has 35 heavy (non-hydrogen) atoms. The molecule has 2 aromatic carbocycles. The van der Waals surface area contributed by atoms with Crippen LogP contribution in [0.4, 0.5) is 0 Å². The van der Waals surface area contributed by atoms with Crippen LogP contribution in [0, 0.1) is 23.2 Å². The van der Waals surface area contributed by atoms with Crippen LogP contribution in [-0.2, 0) is 13.0 Å². The summed E-state index contributed by atoms with van der Waals surface area (Å²) in [5, 5.41) is 10.0. The van der Waals surface area contributed by atoms with Crippen LogP contribution in [0.2, 0.25) is 0 Å². The zero-order chi connectivity index (χ0) is 24.6. The second-order valence-electron chi connectivity index (χ2n) is 11.5. The summed E-state index contributed by atoms with van der Waals surface area (Å²) in [5.41, 5.74) is 6.11. The lowest BCUT2D eigenvalue weighted by molar-refractivity contribution is 0.0488. The van der Waals surface area contributed by atoms with Gasteiger partial charge in [0.25, 0.3) is 0 Å². The van der Waals surface area contributed by atoms with Crippen molar-refractivity contribution in [3.05, 3.63) is 70.8 Å². The van der Waals surface area contributed by atoms with Crippen molar-refractivity contribution in [3.63, 3.8) is 0 Å². The van der Waals surface area contributed by atoms with Crippen LogP contribution in [0.1, 0.15) is 76.0 Å². The third kappa shape index (κ3) is 4.53. The summed E-state index contributed by atoms with van der Waals surface area (Å²) >= 11 is 0. The van der Waals surface area contributed by atoms with Gasteiger partial charge in [-0.3, -0.25) is 4.90 Å². The number of rotatable bonds is 7. The molecule has 0 aliphatic heterocycles. The molecule has 0 aromatic heterocycles. The second kappa shape index (κ2) is 10.0. The molecule has 0 heterocycles. The van der Waals surface area contributed by atoms with Gasteiger partial charge in [-0.15, -0.1) is 0 Å². The Morgan fingerprint density at radius 1 is 1.11 bits per heavy atom. The quantitative estimate of drug-likeness (QED) is 0.427. The average Bonchev–Trinajstić information content (AvgIpc) is 3.19. The predicted octanol–water partition coefficient (Wildman–Crippen LogP) is 7.34. The van der Waals surface area contributed by atoms with Gasteiger partial charge in [-0.25, -0.2) is 0 Å². The number of nitrogens with zero attached hydrogens (tertiary/aromatic N) is 1. The van der Waals surface area contributed by atoms with E-state index in [0.29, 0.717) is 29.6 Å². The van der Waals surface area contributed by atoms with E-state index in [9.17, 15) is 5.11 Å². The Kier molecular flexibility index (Phi) is 6.99. The molecule has 2 aromatic rings. The Bertz CT molecular complexity index is 1070. The zero-order valence-corrected chi connectivity index (χ0v) is 22.1. The highest BCUT2D eigenvalue weighted by Crippen LogP contribution is 2.63. The first-order valence-corrected chi connectivity index (χ1v) is 13.9. The maximum Gasteiger partial charge on any atom is 0.124 e. The van der Waals surface area contributed by atoms with E-state index in [4.69, 9.17) is 4.74 Å². The summed E-state index contributed by atoms with van der Waals surface area (Å²) in [4.78, 5) is 2.44. The number of para-hydroxylation sites is 1. The van der Waals surface area contributed by atoms with Gasteiger partial charge in [0.15, 0.2) is 0 Å². The van der Waals surface area contributed by atoms with E-state index in [2.05, 4.69) is 69.0 Å². The molecule has 3 nitrogen and oxygen atoms in total. The molecule has 3 aliphatic rings. The van der Waals surface area contributed by atoms with Gasteiger partial charge < -0.3 is 9.84 Å². The van der Waals surface area contributed by atoms with Crippen LogP contribution < -0.4 is 4.74 Å². The Morgan fingerprint density at radius 2 is 1.91 bits per heavy atom. The van der Waals surface area contributed by atoms with Crippen LogP contribution in [0.15, 0.2) is 54.1 Å². The van der Waals surface area contributed by atoms with E-state index in [1.807, 2.05) is 12.1 Å². The van der Waals surface area contributed by atoms with Gasteiger partial charge in [0.1, 0.15) is 18.1 Å². The molecule has 2 fully saturated rings. The molecule has 5 atom stereocenters. The highest BCUT2D eigenvalue weighted by Gasteiger charge is 2.54. The minimum Gasteiger partial charge on any atom is -0.508 e. The van der Waals surface area contributed by atoms with Crippen molar-refractivity contribution in [2.45, 2.75) is 72.3 Å². The average molecular weight is 474 g/mol. The topological polar surface area (TPSA) is 32.7 Å². The third-order valence-electron chi connectivity index (χ3n) is 9.74. The molecule has 3 aliphatic carbocycles. The molecule has 0 amide bonds. The van der Waals surface area contributed by atoms with Crippen molar-refractivity contribution in [2.75, 3.05) is 19.7 Å². The number of ether oxygens (including phenoxy) is 1.